The van der Waals surface area contributed by atoms with E-state index in [9.17, 15) is 4.39 Å². The smallest absolute Gasteiger partial charge is 0.197 e. The minimum Gasteiger partial charge on any atom is -0.270 e. The second kappa shape index (κ2) is 6.37. The van der Waals surface area contributed by atoms with E-state index in [0.29, 0.717) is 11.0 Å². The number of rotatable bonds is 4. The molecule has 0 saturated heterocycles. The van der Waals surface area contributed by atoms with Gasteiger partial charge in [0.05, 0.1) is 11.8 Å². The number of nitriles is 1. The lowest BCUT2D eigenvalue weighted by Gasteiger charge is -2.09. The van der Waals surface area contributed by atoms with Crippen molar-refractivity contribution in [2.24, 2.45) is 0 Å². The molecular weight excluding hydrogens is 301 g/mol. The fraction of sp³-hybridized carbons (Fsp3) is 0.0667. The number of thioether (sulfide) groups is 1. The summed E-state index contributed by atoms with van der Waals surface area (Å²) in [7, 11) is 0. The number of benzene rings is 1. The molecule has 108 valence electrons. The van der Waals surface area contributed by atoms with Crippen molar-refractivity contribution in [3.63, 3.8) is 0 Å². The number of hydrogen-bond donors (Lipinski definition) is 0. The lowest BCUT2D eigenvalue weighted by molar-refractivity contribution is 0.627. The standard InChI is InChI=1S/C15H10FN5S/c16-12-1-3-13(4-2-12)21-14(11-5-8-18-9-6-11)19-20-15(21)22-10-7-17/h1-6,8-9H,10H2. The van der Waals surface area contributed by atoms with Gasteiger partial charge < -0.3 is 0 Å². The first-order chi connectivity index (χ1) is 10.8. The molecule has 7 heteroatoms. The van der Waals surface area contributed by atoms with E-state index in [1.54, 1.807) is 29.1 Å². The SMILES string of the molecule is N#CCSc1nnc(-c2ccncc2)n1-c1ccc(F)cc1. The number of pyridine rings is 1. The van der Waals surface area contributed by atoms with Crippen molar-refractivity contribution in [3.05, 3.63) is 54.6 Å². The Kier molecular flexibility index (Phi) is 4.12. The lowest BCUT2D eigenvalue weighted by Crippen LogP contribution is -2.00. The minimum absolute atomic E-state index is 0.260. The maximum absolute atomic E-state index is 13.2. The Bertz CT molecular complexity index is 808. The van der Waals surface area contributed by atoms with Gasteiger partial charge in [-0.3, -0.25) is 9.55 Å². The van der Waals surface area contributed by atoms with Gasteiger partial charge in [0.15, 0.2) is 11.0 Å². The Labute approximate surface area is 130 Å². The third-order valence-corrected chi connectivity index (χ3v) is 3.72. The Morgan fingerprint density at radius 3 is 2.50 bits per heavy atom. The number of hydrogen-bond acceptors (Lipinski definition) is 5. The van der Waals surface area contributed by atoms with Gasteiger partial charge in [-0.2, -0.15) is 5.26 Å². The summed E-state index contributed by atoms with van der Waals surface area (Å²) in [6, 6.07) is 11.8. The van der Waals surface area contributed by atoms with Crippen molar-refractivity contribution in [2.75, 3.05) is 5.75 Å². The molecule has 0 radical (unpaired) electrons. The summed E-state index contributed by atoms with van der Waals surface area (Å²) in [5, 5.41) is 17.7. The van der Waals surface area contributed by atoms with E-state index in [-0.39, 0.29) is 11.6 Å². The zero-order chi connectivity index (χ0) is 15.4. The van der Waals surface area contributed by atoms with Crippen LogP contribution in [0.15, 0.2) is 53.9 Å². The van der Waals surface area contributed by atoms with E-state index >= 15 is 0 Å². The van der Waals surface area contributed by atoms with Crippen molar-refractivity contribution in [1.82, 2.24) is 19.7 Å². The molecule has 0 aliphatic rings. The van der Waals surface area contributed by atoms with Crippen LogP contribution in [0.5, 0.6) is 0 Å². The average molecular weight is 311 g/mol. The van der Waals surface area contributed by atoms with Crippen LogP contribution in [0.1, 0.15) is 0 Å². The zero-order valence-electron chi connectivity index (χ0n) is 11.3. The molecule has 0 aliphatic heterocycles. The summed E-state index contributed by atoms with van der Waals surface area (Å²) in [6.45, 7) is 0. The Morgan fingerprint density at radius 2 is 1.82 bits per heavy atom. The summed E-state index contributed by atoms with van der Waals surface area (Å²) in [5.41, 5.74) is 1.58. The Hall–Kier alpha value is -2.72. The second-order valence-electron chi connectivity index (χ2n) is 4.30. The molecule has 3 aromatic rings. The van der Waals surface area contributed by atoms with Crippen LogP contribution in [0.2, 0.25) is 0 Å². The van der Waals surface area contributed by atoms with Gasteiger partial charge in [-0.25, -0.2) is 4.39 Å². The summed E-state index contributed by atoms with van der Waals surface area (Å²) >= 11 is 1.28. The predicted molar refractivity (Wildman–Crippen MR) is 80.9 cm³/mol. The monoisotopic (exact) mass is 311 g/mol. The molecule has 2 heterocycles. The quantitative estimate of drug-likeness (QED) is 0.693. The van der Waals surface area contributed by atoms with E-state index < -0.39 is 0 Å². The van der Waals surface area contributed by atoms with Crippen molar-refractivity contribution in [3.8, 4) is 23.1 Å². The van der Waals surface area contributed by atoms with Crippen LogP contribution in [-0.4, -0.2) is 25.5 Å². The highest BCUT2D eigenvalue weighted by Gasteiger charge is 2.15. The van der Waals surface area contributed by atoms with Gasteiger partial charge in [0.1, 0.15) is 5.82 Å². The molecule has 2 aromatic heterocycles. The van der Waals surface area contributed by atoms with Crippen LogP contribution in [0.3, 0.4) is 0 Å². The number of halogens is 1. The van der Waals surface area contributed by atoms with Gasteiger partial charge in [-0.05, 0) is 36.4 Å². The van der Waals surface area contributed by atoms with Crippen molar-refractivity contribution in [2.45, 2.75) is 5.16 Å². The van der Waals surface area contributed by atoms with E-state index in [1.807, 2.05) is 12.1 Å². The first kappa shape index (κ1) is 14.2. The molecule has 0 fully saturated rings. The third kappa shape index (κ3) is 2.82. The van der Waals surface area contributed by atoms with Crippen molar-refractivity contribution < 1.29 is 4.39 Å². The van der Waals surface area contributed by atoms with E-state index in [2.05, 4.69) is 21.3 Å². The summed E-state index contributed by atoms with van der Waals surface area (Å²) in [4.78, 5) is 3.99. The van der Waals surface area contributed by atoms with Crippen LogP contribution >= 0.6 is 11.8 Å². The van der Waals surface area contributed by atoms with Crippen LogP contribution in [0, 0.1) is 17.1 Å². The maximum atomic E-state index is 13.2. The molecule has 0 N–H and O–H groups in total. The number of aromatic nitrogens is 4. The fourth-order valence-electron chi connectivity index (χ4n) is 1.97. The van der Waals surface area contributed by atoms with Crippen LogP contribution in [-0.2, 0) is 0 Å². The van der Waals surface area contributed by atoms with Gasteiger partial charge in [0, 0.05) is 23.6 Å². The second-order valence-corrected chi connectivity index (χ2v) is 5.24. The molecule has 0 unspecified atom stereocenters. The molecular formula is C15H10FN5S. The molecule has 22 heavy (non-hydrogen) atoms. The predicted octanol–water partition coefficient (Wildman–Crippen LogP) is 3.08. The molecule has 0 saturated carbocycles. The van der Waals surface area contributed by atoms with E-state index in [1.165, 1.54) is 23.9 Å². The third-order valence-electron chi connectivity index (χ3n) is 2.92. The van der Waals surface area contributed by atoms with Gasteiger partial charge in [0.2, 0.25) is 0 Å². The highest BCUT2D eigenvalue weighted by Crippen LogP contribution is 2.27. The lowest BCUT2D eigenvalue weighted by atomic mass is 10.2. The van der Waals surface area contributed by atoms with Crippen molar-refractivity contribution in [1.29, 1.82) is 5.26 Å². The van der Waals surface area contributed by atoms with E-state index in [0.717, 1.165) is 11.3 Å². The topological polar surface area (TPSA) is 67.4 Å². The normalized spacial score (nSPS) is 10.4. The van der Waals surface area contributed by atoms with Crippen LogP contribution in [0.25, 0.3) is 17.1 Å². The summed E-state index contributed by atoms with van der Waals surface area (Å²) < 4.78 is 15.0. The minimum atomic E-state index is -0.312. The highest BCUT2D eigenvalue weighted by atomic mass is 32.2. The molecule has 0 atom stereocenters. The van der Waals surface area contributed by atoms with Gasteiger partial charge >= 0.3 is 0 Å². The van der Waals surface area contributed by atoms with Gasteiger partial charge in [-0.15, -0.1) is 10.2 Å². The van der Waals surface area contributed by atoms with E-state index in [4.69, 9.17) is 5.26 Å². The summed E-state index contributed by atoms with van der Waals surface area (Å²) in [5.74, 6) is 0.568. The molecule has 0 amide bonds. The highest BCUT2D eigenvalue weighted by molar-refractivity contribution is 7.99. The Morgan fingerprint density at radius 1 is 1.09 bits per heavy atom. The average Bonchev–Trinajstić information content (AvgIpc) is 2.98. The Balaban J connectivity index is 2.13. The van der Waals surface area contributed by atoms with Crippen LogP contribution < -0.4 is 0 Å². The number of nitrogens with zero attached hydrogens (tertiary/aromatic N) is 5. The summed E-state index contributed by atoms with van der Waals surface area (Å²) in [6.07, 6.45) is 3.34. The van der Waals surface area contributed by atoms with Gasteiger partial charge in [-0.1, -0.05) is 11.8 Å². The fourth-order valence-corrected chi connectivity index (χ4v) is 2.58. The van der Waals surface area contributed by atoms with Crippen LogP contribution in [0.4, 0.5) is 4.39 Å². The first-order valence-electron chi connectivity index (χ1n) is 6.41. The first-order valence-corrected chi connectivity index (χ1v) is 7.39. The largest absolute Gasteiger partial charge is 0.270 e. The molecule has 3 rings (SSSR count). The van der Waals surface area contributed by atoms with Crippen molar-refractivity contribution >= 4 is 11.8 Å². The zero-order valence-corrected chi connectivity index (χ0v) is 12.2. The molecule has 0 bridgehead atoms. The molecule has 0 spiro atoms. The van der Waals surface area contributed by atoms with Gasteiger partial charge in [0.25, 0.3) is 0 Å². The maximum Gasteiger partial charge on any atom is 0.197 e. The molecule has 1 aromatic carbocycles. The molecule has 5 nitrogen and oxygen atoms in total. The molecule has 0 aliphatic carbocycles.